The topological polar surface area (TPSA) is 119 Å². The van der Waals surface area contributed by atoms with E-state index in [1.165, 1.54) is 0 Å². The highest BCUT2D eigenvalue weighted by atomic mass is 19.4. The number of hydrogen-bond acceptors (Lipinski definition) is 7. The molecule has 3 heterocycles. The first-order valence-corrected chi connectivity index (χ1v) is 12.9. The predicted octanol–water partition coefficient (Wildman–Crippen LogP) is 4.51. The lowest BCUT2D eigenvalue weighted by molar-refractivity contribution is -0.136. The molecule has 0 saturated carbocycles. The number of H-pyrrole nitrogens is 1. The molecule has 6 rings (SSSR count). The maximum absolute atomic E-state index is 12.8. The van der Waals surface area contributed by atoms with Crippen molar-refractivity contribution in [1.82, 2.24) is 20.3 Å². The Kier molecular flexibility index (Phi) is 6.62. The Hall–Kier alpha value is -4.45. The zero-order valence-electron chi connectivity index (χ0n) is 21.3. The van der Waals surface area contributed by atoms with E-state index in [-0.39, 0.29) is 11.5 Å². The van der Waals surface area contributed by atoms with Crippen molar-refractivity contribution in [2.75, 3.05) is 43.1 Å². The summed E-state index contributed by atoms with van der Waals surface area (Å²) < 4.78 is 43.7. The molecule has 4 N–H and O–H groups in total. The number of imidazole rings is 1. The van der Waals surface area contributed by atoms with E-state index in [1.807, 2.05) is 29.6 Å². The van der Waals surface area contributed by atoms with Gasteiger partial charge >= 0.3 is 6.18 Å². The number of alkyl halides is 3. The summed E-state index contributed by atoms with van der Waals surface area (Å²) in [6, 6.07) is 11.0. The van der Waals surface area contributed by atoms with Crippen LogP contribution < -0.4 is 15.5 Å². The van der Waals surface area contributed by atoms with E-state index >= 15 is 0 Å². The number of anilines is 3. The van der Waals surface area contributed by atoms with Gasteiger partial charge in [-0.15, -0.1) is 0 Å². The third-order valence-electron chi connectivity index (χ3n) is 7.01. The highest BCUT2D eigenvalue weighted by molar-refractivity contribution is 6.19. The average Bonchev–Trinajstić information content (AvgIpc) is 3.54. The molecule has 1 fully saturated rings. The Morgan fingerprint density at radius 2 is 1.90 bits per heavy atom. The number of halogens is 3. The van der Waals surface area contributed by atoms with Crippen LogP contribution in [0.1, 0.15) is 12.0 Å². The molecule has 3 aromatic rings. The van der Waals surface area contributed by atoms with Crippen molar-refractivity contribution in [3.63, 3.8) is 0 Å². The lowest BCUT2D eigenvalue weighted by Gasteiger charge is -2.27. The van der Waals surface area contributed by atoms with Crippen LogP contribution in [-0.2, 0) is 9.53 Å². The summed E-state index contributed by atoms with van der Waals surface area (Å²) in [5.74, 6) is 0.201. The highest BCUT2D eigenvalue weighted by Crippen LogP contribution is 2.42. The number of hydrogen-bond donors (Lipinski definition) is 4. The fourth-order valence-corrected chi connectivity index (χ4v) is 5.15. The standard InChI is InChI=1S/C28H26F3N7O2/c29-28(30,31)15-33-26(39)19-14-17-2-1-3-20(32)24(17)23(19)16-4-6-18(7-5-16)34-27-35-21-8-9-22(36-25(21)37-27)38-10-12-40-13-11-38/h1-2,4-9,14,17,32H,3,10-13,15H2,(H,33,39)(H2,34,35,36,37). The van der Waals surface area contributed by atoms with Crippen LogP contribution in [0, 0.1) is 11.3 Å². The molecule has 40 heavy (non-hydrogen) atoms. The number of morpholine rings is 1. The van der Waals surface area contributed by atoms with Crippen molar-refractivity contribution in [3.8, 4) is 0 Å². The maximum atomic E-state index is 12.8. The second-order valence-electron chi connectivity index (χ2n) is 9.73. The minimum Gasteiger partial charge on any atom is -0.378 e. The molecule has 2 aromatic heterocycles. The molecule has 1 amide bonds. The molecule has 1 atom stereocenters. The van der Waals surface area contributed by atoms with Crippen LogP contribution in [0.3, 0.4) is 0 Å². The molecule has 0 bridgehead atoms. The monoisotopic (exact) mass is 549 g/mol. The van der Waals surface area contributed by atoms with Crippen LogP contribution in [0.25, 0.3) is 16.7 Å². The van der Waals surface area contributed by atoms with Gasteiger partial charge in [-0.1, -0.05) is 30.4 Å². The fourth-order valence-electron chi connectivity index (χ4n) is 5.15. The Balaban J connectivity index is 1.23. The van der Waals surface area contributed by atoms with Crippen LogP contribution in [0.15, 0.2) is 65.8 Å². The predicted molar refractivity (Wildman–Crippen MR) is 146 cm³/mol. The molecule has 12 heteroatoms. The number of nitrogens with one attached hydrogen (secondary N) is 4. The normalized spacial score (nSPS) is 19.2. The second-order valence-corrected chi connectivity index (χ2v) is 9.73. The summed E-state index contributed by atoms with van der Waals surface area (Å²) in [5.41, 5.74) is 4.31. The van der Waals surface area contributed by atoms with Crippen LogP contribution in [0.2, 0.25) is 0 Å². The molecule has 9 nitrogen and oxygen atoms in total. The van der Waals surface area contributed by atoms with Gasteiger partial charge in [0, 0.05) is 48.0 Å². The quantitative estimate of drug-likeness (QED) is 0.336. The minimum absolute atomic E-state index is 0.140. The van der Waals surface area contributed by atoms with Crippen molar-refractivity contribution in [3.05, 3.63) is 71.3 Å². The molecule has 0 radical (unpaired) electrons. The van der Waals surface area contributed by atoms with E-state index in [2.05, 4.69) is 25.2 Å². The van der Waals surface area contributed by atoms with Gasteiger partial charge in [-0.3, -0.25) is 4.79 Å². The summed E-state index contributed by atoms with van der Waals surface area (Å²) in [6.07, 6.45) is 1.20. The summed E-state index contributed by atoms with van der Waals surface area (Å²) >= 11 is 0. The summed E-state index contributed by atoms with van der Waals surface area (Å²) in [7, 11) is 0. The molecular formula is C28H26F3N7O2. The number of nitrogens with zero attached hydrogens (tertiary/aromatic N) is 3. The van der Waals surface area contributed by atoms with Crippen LogP contribution in [0.5, 0.6) is 0 Å². The molecule has 0 spiro atoms. The Morgan fingerprint density at radius 3 is 2.65 bits per heavy atom. The van der Waals surface area contributed by atoms with E-state index < -0.39 is 18.6 Å². The van der Waals surface area contributed by atoms with E-state index in [4.69, 9.17) is 10.1 Å². The molecule has 1 saturated heterocycles. The van der Waals surface area contributed by atoms with E-state index in [0.29, 0.717) is 59.3 Å². The molecule has 1 aromatic carbocycles. The smallest absolute Gasteiger partial charge is 0.378 e. The van der Waals surface area contributed by atoms with E-state index in [0.717, 1.165) is 24.4 Å². The number of carbonyl (C=O) groups is 1. The molecule has 1 unspecified atom stereocenters. The molecular weight excluding hydrogens is 523 g/mol. The van der Waals surface area contributed by atoms with Gasteiger partial charge in [0.05, 0.1) is 18.7 Å². The Bertz CT molecular complexity index is 1560. The van der Waals surface area contributed by atoms with Crippen molar-refractivity contribution in [2.24, 2.45) is 5.92 Å². The second kappa shape index (κ2) is 10.3. The molecule has 206 valence electrons. The molecule has 1 aliphatic heterocycles. The van der Waals surface area contributed by atoms with Crippen molar-refractivity contribution < 1.29 is 22.7 Å². The van der Waals surface area contributed by atoms with Gasteiger partial charge in [0.25, 0.3) is 5.91 Å². The van der Waals surface area contributed by atoms with Gasteiger partial charge in [0.1, 0.15) is 12.4 Å². The third-order valence-corrected chi connectivity index (χ3v) is 7.01. The number of fused-ring (bicyclic) bond motifs is 2. The lowest BCUT2D eigenvalue weighted by Crippen LogP contribution is -2.36. The molecule has 3 aliphatic rings. The average molecular weight is 550 g/mol. The van der Waals surface area contributed by atoms with Crippen molar-refractivity contribution in [2.45, 2.75) is 12.6 Å². The molecule has 2 aliphatic carbocycles. The van der Waals surface area contributed by atoms with Crippen molar-refractivity contribution >= 4 is 45.8 Å². The number of allylic oxidation sites excluding steroid dienone is 4. The van der Waals surface area contributed by atoms with Gasteiger partial charge in [-0.05, 0) is 35.4 Å². The Morgan fingerprint density at radius 1 is 1.12 bits per heavy atom. The van der Waals surface area contributed by atoms with E-state index in [1.54, 1.807) is 30.3 Å². The highest BCUT2D eigenvalue weighted by Gasteiger charge is 2.35. The van der Waals surface area contributed by atoms with Gasteiger partial charge in [0.15, 0.2) is 5.65 Å². The van der Waals surface area contributed by atoms with Gasteiger partial charge in [-0.25, -0.2) is 4.98 Å². The van der Waals surface area contributed by atoms with Crippen LogP contribution >= 0.6 is 0 Å². The maximum Gasteiger partial charge on any atom is 0.405 e. The number of amides is 1. The number of aromatic nitrogens is 3. The van der Waals surface area contributed by atoms with Crippen LogP contribution in [-0.4, -0.2) is 65.6 Å². The first kappa shape index (κ1) is 25.8. The summed E-state index contributed by atoms with van der Waals surface area (Å²) in [5, 5.41) is 13.6. The van der Waals surface area contributed by atoms with E-state index in [9.17, 15) is 18.0 Å². The first-order chi connectivity index (χ1) is 19.2. The number of ether oxygens (including phenoxy) is 1. The van der Waals surface area contributed by atoms with Gasteiger partial charge < -0.3 is 30.7 Å². The SMILES string of the molecule is N=C1CC=CC2C=C(C(=O)NCC(F)(F)F)C(c3ccc(Nc4nc5nc(N6CCOCC6)ccc5[nH]4)cc3)=C12. The minimum atomic E-state index is -4.52. The van der Waals surface area contributed by atoms with Gasteiger partial charge in [-0.2, -0.15) is 18.2 Å². The zero-order chi connectivity index (χ0) is 27.9. The fraction of sp³-hybridized carbons (Fsp3) is 0.286. The summed E-state index contributed by atoms with van der Waals surface area (Å²) in [6.45, 7) is 1.45. The number of rotatable bonds is 6. The number of carbonyl (C=O) groups excluding carboxylic acids is 1. The summed E-state index contributed by atoms with van der Waals surface area (Å²) in [4.78, 5) is 27.4. The number of benzene rings is 1. The largest absolute Gasteiger partial charge is 0.405 e. The Labute approximate surface area is 227 Å². The van der Waals surface area contributed by atoms with Crippen LogP contribution in [0.4, 0.5) is 30.6 Å². The lowest BCUT2D eigenvalue weighted by atomic mass is 9.86. The van der Waals surface area contributed by atoms with Gasteiger partial charge in [0.2, 0.25) is 5.95 Å². The number of pyridine rings is 1. The zero-order valence-corrected chi connectivity index (χ0v) is 21.3. The first-order valence-electron chi connectivity index (χ1n) is 12.9. The van der Waals surface area contributed by atoms with Crippen molar-refractivity contribution in [1.29, 1.82) is 5.41 Å². The third kappa shape index (κ3) is 5.22. The number of aromatic amines is 1.